The molecular weight excluding hydrogens is 355 g/mol. The minimum Gasteiger partial charge on any atom is -0.481 e. The summed E-state index contributed by atoms with van der Waals surface area (Å²) in [6.07, 6.45) is -3.58. The molecule has 1 fully saturated rings. The largest absolute Gasteiger partial charge is 0.573 e. The Morgan fingerprint density at radius 3 is 2.50 bits per heavy atom. The third-order valence-electron chi connectivity index (χ3n) is 4.68. The van der Waals surface area contributed by atoms with Gasteiger partial charge in [-0.1, -0.05) is 5.16 Å². The molecule has 2 aliphatic rings. The Balaban J connectivity index is 1.62. The predicted octanol–water partition coefficient (Wildman–Crippen LogP) is 3.35. The number of rotatable bonds is 5. The first-order valence-electron chi connectivity index (χ1n) is 8.17. The van der Waals surface area contributed by atoms with Gasteiger partial charge in [-0.25, -0.2) is 0 Å². The highest BCUT2D eigenvalue weighted by Gasteiger charge is 2.44. The lowest BCUT2D eigenvalue weighted by Gasteiger charge is -2.34. The van der Waals surface area contributed by atoms with Crippen LogP contribution in [-0.4, -0.2) is 42.5 Å². The molecule has 1 N–H and O–H groups in total. The van der Waals surface area contributed by atoms with Crippen LogP contribution >= 0.6 is 0 Å². The van der Waals surface area contributed by atoms with E-state index in [1.807, 2.05) is 0 Å². The number of ether oxygens (including phenoxy) is 2. The van der Waals surface area contributed by atoms with Crippen molar-refractivity contribution in [3.8, 4) is 5.75 Å². The molecule has 9 heteroatoms. The Morgan fingerprint density at radius 1 is 1.27 bits per heavy atom. The van der Waals surface area contributed by atoms with Crippen LogP contribution in [0.5, 0.6) is 5.75 Å². The minimum atomic E-state index is -4.74. The van der Waals surface area contributed by atoms with Crippen molar-refractivity contribution in [2.75, 3.05) is 13.2 Å². The zero-order valence-corrected chi connectivity index (χ0v) is 13.8. The average Bonchev–Trinajstić information content (AvgIpc) is 3.03. The fourth-order valence-corrected chi connectivity index (χ4v) is 3.26. The van der Waals surface area contributed by atoms with E-state index in [2.05, 4.69) is 9.89 Å². The zero-order chi connectivity index (χ0) is 18.8. The second kappa shape index (κ2) is 7.14. The van der Waals surface area contributed by atoms with Crippen LogP contribution in [0.3, 0.4) is 0 Å². The van der Waals surface area contributed by atoms with Gasteiger partial charge in [0.15, 0.2) is 0 Å². The molecule has 0 aliphatic carbocycles. The van der Waals surface area contributed by atoms with Gasteiger partial charge >= 0.3 is 12.3 Å². The number of hydrogen-bond acceptors (Lipinski definition) is 5. The monoisotopic (exact) mass is 373 g/mol. The first kappa shape index (κ1) is 18.5. The molecule has 0 unspecified atom stereocenters. The van der Waals surface area contributed by atoms with Crippen LogP contribution in [0.15, 0.2) is 29.4 Å². The van der Waals surface area contributed by atoms with Crippen LogP contribution in [0.4, 0.5) is 13.2 Å². The normalized spacial score (nSPS) is 22.4. The van der Waals surface area contributed by atoms with E-state index in [1.54, 1.807) is 0 Å². The van der Waals surface area contributed by atoms with Crippen molar-refractivity contribution in [3.63, 3.8) is 0 Å². The van der Waals surface area contributed by atoms with Gasteiger partial charge in [-0.05, 0) is 42.7 Å². The maximum atomic E-state index is 12.2. The summed E-state index contributed by atoms with van der Waals surface area (Å²) < 4.78 is 45.7. The number of carbonyl (C=O) groups is 1. The molecule has 1 aromatic carbocycles. The minimum absolute atomic E-state index is 0.313. The lowest BCUT2D eigenvalue weighted by atomic mass is 9.75. The molecule has 0 saturated carbocycles. The van der Waals surface area contributed by atoms with Gasteiger partial charge in [-0.2, -0.15) is 0 Å². The van der Waals surface area contributed by atoms with Gasteiger partial charge in [0.05, 0.1) is 11.1 Å². The summed E-state index contributed by atoms with van der Waals surface area (Å²) in [5, 5.41) is 13.6. The summed E-state index contributed by atoms with van der Waals surface area (Å²) in [6, 6.07) is 5.34. The molecule has 26 heavy (non-hydrogen) atoms. The molecule has 6 nitrogen and oxygen atoms in total. The van der Waals surface area contributed by atoms with Crippen molar-refractivity contribution in [2.24, 2.45) is 10.6 Å². The topological polar surface area (TPSA) is 77.4 Å². The van der Waals surface area contributed by atoms with Crippen LogP contribution in [0, 0.1) is 5.41 Å². The van der Waals surface area contributed by atoms with Crippen molar-refractivity contribution < 1.29 is 37.4 Å². The summed E-state index contributed by atoms with van der Waals surface area (Å²) in [5.74, 6) is -1.18. The van der Waals surface area contributed by atoms with Gasteiger partial charge < -0.3 is 19.4 Å². The second-order valence-corrected chi connectivity index (χ2v) is 6.44. The summed E-state index contributed by atoms with van der Waals surface area (Å²) in [7, 11) is 0. The molecule has 0 amide bonds. The lowest BCUT2D eigenvalue weighted by Crippen LogP contribution is -2.40. The van der Waals surface area contributed by atoms with Gasteiger partial charge in [-0.15, -0.1) is 13.2 Å². The SMILES string of the molecule is O=C(O)C1(C[C@H]2CC(c3ccc(OC(F)(F)F)cc3)=NO2)CCOCC1. The van der Waals surface area contributed by atoms with Gasteiger partial charge in [0.1, 0.15) is 11.9 Å². The highest BCUT2D eigenvalue weighted by Crippen LogP contribution is 2.38. The zero-order valence-electron chi connectivity index (χ0n) is 13.8. The molecule has 142 valence electrons. The Bertz CT molecular complexity index is 681. The standard InChI is InChI=1S/C17H18F3NO5/c18-17(19,20)25-12-3-1-11(2-4-12)14-9-13(26-21-14)10-16(15(22)23)5-7-24-8-6-16/h1-4,13H,5-10H2,(H,22,23)/t13-/m1/s1. The number of oxime groups is 1. The smallest absolute Gasteiger partial charge is 0.481 e. The van der Waals surface area contributed by atoms with E-state index in [4.69, 9.17) is 9.57 Å². The molecular formula is C17H18F3NO5. The predicted molar refractivity (Wildman–Crippen MR) is 83.9 cm³/mol. The van der Waals surface area contributed by atoms with Crippen LogP contribution in [0.25, 0.3) is 0 Å². The van der Waals surface area contributed by atoms with Crippen molar-refractivity contribution in [2.45, 2.75) is 38.1 Å². The highest BCUT2D eigenvalue weighted by atomic mass is 19.4. The van der Waals surface area contributed by atoms with E-state index < -0.39 is 17.7 Å². The van der Waals surface area contributed by atoms with Gasteiger partial charge in [-0.3, -0.25) is 4.79 Å². The number of alkyl halides is 3. The molecule has 0 radical (unpaired) electrons. The van der Waals surface area contributed by atoms with E-state index in [9.17, 15) is 23.1 Å². The third-order valence-corrected chi connectivity index (χ3v) is 4.68. The molecule has 2 heterocycles. The third kappa shape index (κ3) is 4.27. The number of halogens is 3. The van der Waals surface area contributed by atoms with Gasteiger partial charge in [0.25, 0.3) is 0 Å². The van der Waals surface area contributed by atoms with E-state index in [1.165, 1.54) is 24.3 Å². The van der Waals surface area contributed by atoms with E-state index >= 15 is 0 Å². The number of hydrogen-bond donors (Lipinski definition) is 1. The number of benzene rings is 1. The van der Waals surface area contributed by atoms with Crippen molar-refractivity contribution in [3.05, 3.63) is 29.8 Å². The van der Waals surface area contributed by atoms with Crippen LogP contribution in [-0.2, 0) is 14.4 Å². The molecule has 0 spiro atoms. The maximum absolute atomic E-state index is 12.2. The first-order chi connectivity index (χ1) is 12.3. The van der Waals surface area contributed by atoms with E-state index in [0.29, 0.717) is 50.2 Å². The number of aliphatic carboxylic acids is 1. The van der Waals surface area contributed by atoms with Crippen molar-refractivity contribution in [1.82, 2.24) is 0 Å². The molecule has 1 saturated heterocycles. The average molecular weight is 373 g/mol. The van der Waals surface area contributed by atoms with Crippen LogP contribution < -0.4 is 4.74 Å². The Hall–Kier alpha value is -2.29. The fraction of sp³-hybridized carbons (Fsp3) is 0.529. The van der Waals surface area contributed by atoms with Crippen LogP contribution in [0.2, 0.25) is 0 Å². The fourth-order valence-electron chi connectivity index (χ4n) is 3.26. The van der Waals surface area contributed by atoms with E-state index in [-0.39, 0.29) is 11.9 Å². The maximum Gasteiger partial charge on any atom is 0.573 e. The molecule has 3 rings (SSSR count). The Labute approximate surface area is 147 Å². The number of carboxylic acid groups (broad SMARTS) is 1. The van der Waals surface area contributed by atoms with Gasteiger partial charge in [0, 0.05) is 26.1 Å². The Kier molecular flexibility index (Phi) is 5.08. The molecule has 2 aliphatic heterocycles. The lowest BCUT2D eigenvalue weighted by molar-refractivity contribution is -0.274. The second-order valence-electron chi connectivity index (χ2n) is 6.44. The molecule has 0 bridgehead atoms. The summed E-state index contributed by atoms with van der Waals surface area (Å²) in [4.78, 5) is 17.1. The van der Waals surface area contributed by atoms with E-state index in [0.717, 1.165) is 0 Å². The van der Waals surface area contributed by atoms with Crippen molar-refractivity contribution in [1.29, 1.82) is 0 Å². The summed E-state index contributed by atoms with van der Waals surface area (Å²) in [6.45, 7) is 0.792. The highest BCUT2D eigenvalue weighted by molar-refractivity contribution is 6.01. The van der Waals surface area contributed by atoms with Gasteiger partial charge in [0.2, 0.25) is 0 Å². The Morgan fingerprint density at radius 2 is 1.92 bits per heavy atom. The molecule has 1 aromatic rings. The first-order valence-corrected chi connectivity index (χ1v) is 8.17. The number of carboxylic acids is 1. The number of nitrogens with zero attached hydrogens (tertiary/aromatic N) is 1. The van der Waals surface area contributed by atoms with Crippen LogP contribution in [0.1, 0.15) is 31.2 Å². The summed E-state index contributed by atoms with van der Waals surface area (Å²) >= 11 is 0. The van der Waals surface area contributed by atoms with Crippen molar-refractivity contribution >= 4 is 11.7 Å². The molecule has 1 atom stereocenters. The molecule has 0 aromatic heterocycles. The quantitative estimate of drug-likeness (QED) is 0.857. The summed E-state index contributed by atoms with van der Waals surface area (Å²) in [5.41, 5.74) is 0.290.